The van der Waals surface area contributed by atoms with E-state index in [0.29, 0.717) is 10.9 Å². The Morgan fingerprint density at radius 1 is 1.00 bits per heavy atom. The van der Waals surface area contributed by atoms with Crippen LogP contribution < -0.4 is 10.1 Å². The lowest BCUT2D eigenvalue weighted by atomic mass is 10.2. The minimum atomic E-state index is -2.92. The normalized spacial score (nSPS) is 11.1. The van der Waals surface area contributed by atoms with Gasteiger partial charge in [0.15, 0.2) is 5.82 Å². The summed E-state index contributed by atoms with van der Waals surface area (Å²) in [4.78, 5) is 12.5. The van der Waals surface area contributed by atoms with E-state index in [1.165, 1.54) is 48.5 Å². The highest BCUT2D eigenvalue weighted by molar-refractivity contribution is 6.07. The quantitative estimate of drug-likeness (QED) is 0.428. The topological polar surface area (TPSA) is 56.2 Å². The maximum Gasteiger partial charge on any atom is 0.387 e. The molecule has 4 rings (SSSR count). The molecule has 1 aromatic heterocycles. The summed E-state index contributed by atoms with van der Waals surface area (Å²) >= 11 is 0. The molecule has 0 radical (unpaired) electrons. The first-order valence-corrected chi connectivity index (χ1v) is 9.16. The Balaban J connectivity index is 1.63. The summed E-state index contributed by atoms with van der Waals surface area (Å²) in [6.07, 6.45) is 0. The van der Waals surface area contributed by atoms with Crippen molar-refractivity contribution in [3.8, 4) is 5.75 Å². The first kappa shape index (κ1) is 20.4. The van der Waals surface area contributed by atoms with Crippen LogP contribution in [-0.4, -0.2) is 22.3 Å². The SMILES string of the molecule is O=C(Nc1nn(Cc2ccc(OC(F)F)cc2)c2ccc(F)cc12)c1cccc(F)c1. The van der Waals surface area contributed by atoms with Crippen molar-refractivity contribution < 1.29 is 27.1 Å². The number of nitrogens with one attached hydrogen (secondary N) is 1. The third kappa shape index (κ3) is 4.66. The first-order valence-electron chi connectivity index (χ1n) is 9.16. The summed E-state index contributed by atoms with van der Waals surface area (Å²) in [6, 6.07) is 15.2. The smallest absolute Gasteiger partial charge is 0.387 e. The molecule has 9 heteroatoms. The zero-order chi connectivity index (χ0) is 22.0. The fraction of sp³-hybridized carbons (Fsp3) is 0.0909. The number of amides is 1. The van der Waals surface area contributed by atoms with Crippen LogP contribution >= 0.6 is 0 Å². The van der Waals surface area contributed by atoms with E-state index in [0.717, 1.165) is 11.6 Å². The Morgan fingerprint density at radius 3 is 2.45 bits per heavy atom. The summed E-state index contributed by atoms with van der Waals surface area (Å²) in [7, 11) is 0. The molecule has 4 aromatic rings. The Bertz CT molecular complexity index is 1240. The molecule has 0 saturated heterocycles. The standard InChI is InChI=1S/C22H15F4N3O2/c23-15-3-1-2-14(10-15)21(30)27-20-18-11-16(24)6-9-19(18)29(28-20)12-13-4-7-17(8-5-13)31-22(25)26/h1-11,22H,12H2,(H,27,28,30). The van der Waals surface area contributed by atoms with Gasteiger partial charge >= 0.3 is 6.61 Å². The molecule has 0 atom stereocenters. The number of benzene rings is 3. The maximum absolute atomic E-state index is 13.8. The molecular formula is C22H15F4N3O2. The maximum atomic E-state index is 13.8. The summed E-state index contributed by atoms with van der Waals surface area (Å²) < 4.78 is 57.7. The van der Waals surface area contributed by atoms with Gasteiger partial charge in [0.2, 0.25) is 0 Å². The van der Waals surface area contributed by atoms with E-state index < -0.39 is 24.2 Å². The minimum absolute atomic E-state index is 0.0224. The average molecular weight is 429 g/mol. The van der Waals surface area contributed by atoms with Crippen molar-refractivity contribution in [2.75, 3.05) is 5.32 Å². The number of hydrogen-bond acceptors (Lipinski definition) is 3. The zero-order valence-corrected chi connectivity index (χ0v) is 15.9. The fourth-order valence-corrected chi connectivity index (χ4v) is 3.12. The number of fused-ring (bicyclic) bond motifs is 1. The Hall–Kier alpha value is -3.88. The van der Waals surface area contributed by atoms with Crippen LogP contribution in [0.15, 0.2) is 66.7 Å². The van der Waals surface area contributed by atoms with E-state index in [1.807, 2.05) is 0 Å². The van der Waals surface area contributed by atoms with Gasteiger partial charge in [0.25, 0.3) is 5.91 Å². The third-order valence-corrected chi connectivity index (χ3v) is 4.51. The van der Waals surface area contributed by atoms with Crippen LogP contribution in [0.2, 0.25) is 0 Å². The summed E-state index contributed by atoms with van der Waals surface area (Å²) in [6.45, 7) is -2.69. The van der Waals surface area contributed by atoms with Gasteiger partial charge in [-0.05, 0) is 54.1 Å². The van der Waals surface area contributed by atoms with Crippen molar-refractivity contribution in [2.24, 2.45) is 0 Å². The number of ether oxygens (including phenoxy) is 1. The lowest BCUT2D eigenvalue weighted by Crippen LogP contribution is -2.13. The van der Waals surface area contributed by atoms with E-state index in [1.54, 1.807) is 16.8 Å². The molecular weight excluding hydrogens is 414 g/mol. The van der Waals surface area contributed by atoms with E-state index in [-0.39, 0.29) is 23.7 Å². The predicted molar refractivity (Wildman–Crippen MR) is 106 cm³/mol. The van der Waals surface area contributed by atoms with Gasteiger partial charge in [-0.15, -0.1) is 0 Å². The van der Waals surface area contributed by atoms with Crippen LogP contribution in [-0.2, 0) is 6.54 Å². The van der Waals surface area contributed by atoms with Gasteiger partial charge in [0.1, 0.15) is 17.4 Å². The molecule has 0 aliphatic carbocycles. The van der Waals surface area contributed by atoms with E-state index in [9.17, 15) is 22.4 Å². The van der Waals surface area contributed by atoms with E-state index >= 15 is 0 Å². The number of carbonyl (C=O) groups is 1. The van der Waals surface area contributed by atoms with Gasteiger partial charge in [-0.25, -0.2) is 8.78 Å². The molecule has 0 saturated carbocycles. The molecule has 31 heavy (non-hydrogen) atoms. The van der Waals surface area contributed by atoms with Gasteiger partial charge in [-0.1, -0.05) is 18.2 Å². The third-order valence-electron chi connectivity index (χ3n) is 4.51. The largest absolute Gasteiger partial charge is 0.435 e. The minimum Gasteiger partial charge on any atom is -0.435 e. The fourth-order valence-electron chi connectivity index (χ4n) is 3.12. The number of alkyl halides is 2. The van der Waals surface area contributed by atoms with Crippen LogP contribution in [0.3, 0.4) is 0 Å². The van der Waals surface area contributed by atoms with Crippen LogP contribution in [0.1, 0.15) is 15.9 Å². The first-order chi connectivity index (χ1) is 14.9. The Labute approximate surface area is 173 Å². The van der Waals surface area contributed by atoms with Crippen molar-refractivity contribution in [1.82, 2.24) is 9.78 Å². The molecule has 1 heterocycles. The van der Waals surface area contributed by atoms with Gasteiger partial charge in [0.05, 0.1) is 12.1 Å². The molecule has 0 spiro atoms. The summed E-state index contributed by atoms with van der Waals surface area (Å²) in [5.74, 6) is -1.53. The van der Waals surface area contributed by atoms with Crippen molar-refractivity contribution in [1.29, 1.82) is 0 Å². The second-order valence-electron chi connectivity index (χ2n) is 6.65. The summed E-state index contributed by atoms with van der Waals surface area (Å²) in [5, 5.41) is 7.31. The lowest BCUT2D eigenvalue weighted by Gasteiger charge is -2.07. The van der Waals surface area contributed by atoms with Crippen molar-refractivity contribution >= 4 is 22.6 Å². The highest BCUT2D eigenvalue weighted by Gasteiger charge is 2.16. The van der Waals surface area contributed by atoms with Gasteiger partial charge < -0.3 is 10.1 Å². The molecule has 0 unspecified atom stereocenters. The Morgan fingerprint density at radius 2 is 1.74 bits per heavy atom. The molecule has 0 aliphatic rings. The lowest BCUT2D eigenvalue weighted by molar-refractivity contribution is -0.0498. The van der Waals surface area contributed by atoms with Gasteiger partial charge in [-0.3, -0.25) is 9.48 Å². The molecule has 158 valence electrons. The second-order valence-corrected chi connectivity index (χ2v) is 6.65. The number of nitrogens with zero attached hydrogens (tertiary/aromatic N) is 2. The number of anilines is 1. The number of halogens is 4. The molecule has 5 nitrogen and oxygen atoms in total. The molecule has 3 aromatic carbocycles. The highest BCUT2D eigenvalue weighted by atomic mass is 19.3. The predicted octanol–water partition coefficient (Wildman–Crippen LogP) is 5.22. The van der Waals surface area contributed by atoms with Gasteiger partial charge in [0, 0.05) is 10.9 Å². The van der Waals surface area contributed by atoms with Gasteiger partial charge in [-0.2, -0.15) is 13.9 Å². The number of aromatic nitrogens is 2. The molecule has 1 N–H and O–H groups in total. The molecule has 1 amide bonds. The zero-order valence-electron chi connectivity index (χ0n) is 15.9. The van der Waals surface area contributed by atoms with Crippen LogP contribution in [0.5, 0.6) is 5.75 Å². The highest BCUT2D eigenvalue weighted by Crippen LogP contribution is 2.26. The van der Waals surface area contributed by atoms with E-state index in [2.05, 4.69) is 15.2 Å². The Kier molecular flexibility index (Phi) is 5.57. The second kappa shape index (κ2) is 8.47. The van der Waals surface area contributed by atoms with Crippen molar-refractivity contribution in [3.05, 3.63) is 89.5 Å². The monoisotopic (exact) mass is 429 g/mol. The molecule has 0 fully saturated rings. The number of rotatable bonds is 6. The van der Waals surface area contributed by atoms with Crippen LogP contribution in [0, 0.1) is 11.6 Å². The molecule has 0 bridgehead atoms. The molecule has 0 aliphatic heterocycles. The number of hydrogen-bond donors (Lipinski definition) is 1. The van der Waals surface area contributed by atoms with Crippen LogP contribution in [0.4, 0.5) is 23.4 Å². The van der Waals surface area contributed by atoms with E-state index in [4.69, 9.17) is 0 Å². The van der Waals surface area contributed by atoms with Crippen molar-refractivity contribution in [3.63, 3.8) is 0 Å². The average Bonchev–Trinajstić information content (AvgIpc) is 3.05. The van der Waals surface area contributed by atoms with Crippen LogP contribution in [0.25, 0.3) is 10.9 Å². The number of carbonyl (C=O) groups excluding carboxylic acids is 1. The van der Waals surface area contributed by atoms with Crippen molar-refractivity contribution in [2.45, 2.75) is 13.2 Å². The summed E-state index contributed by atoms with van der Waals surface area (Å²) in [5.41, 5.74) is 1.36.